The molecule has 0 saturated heterocycles. The second-order valence-electron chi connectivity index (χ2n) is 2.35. The summed E-state index contributed by atoms with van der Waals surface area (Å²) in [7, 11) is 0. The van der Waals surface area contributed by atoms with Crippen LogP contribution in [0.25, 0.3) is 0 Å². The highest BCUT2D eigenvalue weighted by Crippen LogP contribution is 2.23. The third-order valence-corrected chi connectivity index (χ3v) is 2.36. The van der Waals surface area contributed by atoms with E-state index < -0.39 is 22.4 Å². The number of hydrogen-bond donors (Lipinski definition) is 1. The maximum atomic E-state index is 12.9. The minimum absolute atomic E-state index is 0.123. The SMILES string of the molecule is O=C(O)c1cc([N+](=O)[O-])c(F)cc1I. The van der Waals surface area contributed by atoms with E-state index in [1.54, 1.807) is 22.6 Å². The highest BCUT2D eigenvalue weighted by Gasteiger charge is 2.20. The molecule has 0 unspecified atom stereocenters. The standard InChI is InChI=1S/C7H3FINO4/c8-4-2-5(9)3(7(11)12)1-6(4)10(13)14/h1-2H,(H,11,12). The summed E-state index contributed by atoms with van der Waals surface area (Å²) in [6.07, 6.45) is 0. The van der Waals surface area contributed by atoms with Crippen LogP contribution in [-0.4, -0.2) is 16.0 Å². The predicted octanol–water partition coefficient (Wildman–Crippen LogP) is 2.04. The minimum Gasteiger partial charge on any atom is -0.478 e. The van der Waals surface area contributed by atoms with Gasteiger partial charge in [0.1, 0.15) is 0 Å². The Balaban J connectivity index is 3.42. The Morgan fingerprint density at radius 3 is 2.57 bits per heavy atom. The molecule has 1 aromatic rings. The fraction of sp³-hybridized carbons (Fsp3) is 0. The first-order chi connectivity index (χ1) is 6.43. The van der Waals surface area contributed by atoms with Gasteiger partial charge in [-0.05, 0) is 28.7 Å². The number of carboxylic acid groups (broad SMARTS) is 1. The fourth-order valence-electron chi connectivity index (χ4n) is 0.841. The van der Waals surface area contributed by atoms with Crippen LogP contribution in [0.2, 0.25) is 0 Å². The monoisotopic (exact) mass is 311 g/mol. The molecule has 0 radical (unpaired) electrons. The molecule has 7 heteroatoms. The molecule has 0 bridgehead atoms. The first-order valence-corrected chi connectivity index (χ1v) is 4.38. The van der Waals surface area contributed by atoms with Crippen molar-refractivity contribution in [1.82, 2.24) is 0 Å². The molecule has 0 aromatic heterocycles. The van der Waals surface area contributed by atoms with E-state index in [4.69, 9.17) is 5.11 Å². The summed E-state index contributed by atoms with van der Waals surface area (Å²) in [6, 6.07) is 1.53. The van der Waals surface area contributed by atoms with Crippen LogP contribution in [0.15, 0.2) is 12.1 Å². The Labute approximate surface area is 90.8 Å². The van der Waals surface area contributed by atoms with Crippen molar-refractivity contribution in [2.24, 2.45) is 0 Å². The number of hydrogen-bond acceptors (Lipinski definition) is 3. The van der Waals surface area contributed by atoms with Gasteiger partial charge >= 0.3 is 11.7 Å². The van der Waals surface area contributed by atoms with Crippen LogP contribution >= 0.6 is 22.6 Å². The Bertz CT molecular complexity index is 385. The van der Waals surface area contributed by atoms with Crippen molar-refractivity contribution < 1.29 is 19.2 Å². The number of nitrogens with zero attached hydrogens (tertiary/aromatic N) is 1. The molecule has 1 rings (SSSR count). The smallest absolute Gasteiger partial charge is 0.337 e. The molecular weight excluding hydrogens is 308 g/mol. The number of nitro benzene ring substituents is 1. The van der Waals surface area contributed by atoms with Gasteiger partial charge in [0, 0.05) is 9.64 Å². The zero-order valence-electron chi connectivity index (χ0n) is 6.53. The molecule has 1 aromatic carbocycles. The maximum Gasteiger partial charge on any atom is 0.337 e. The summed E-state index contributed by atoms with van der Waals surface area (Å²) >= 11 is 1.60. The van der Waals surface area contributed by atoms with Gasteiger partial charge in [0.2, 0.25) is 5.82 Å². The molecule has 1 N–H and O–H groups in total. The lowest BCUT2D eigenvalue weighted by molar-refractivity contribution is -0.387. The van der Waals surface area contributed by atoms with Crippen LogP contribution in [0.4, 0.5) is 10.1 Å². The van der Waals surface area contributed by atoms with E-state index in [9.17, 15) is 19.3 Å². The van der Waals surface area contributed by atoms with Gasteiger partial charge < -0.3 is 5.11 Å². The van der Waals surface area contributed by atoms with Crippen molar-refractivity contribution in [3.8, 4) is 0 Å². The van der Waals surface area contributed by atoms with E-state index in [1.165, 1.54) is 0 Å². The number of carbonyl (C=O) groups is 1. The largest absolute Gasteiger partial charge is 0.478 e. The van der Waals surface area contributed by atoms with Gasteiger partial charge in [0.05, 0.1) is 10.5 Å². The first-order valence-electron chi connectivity index (χ1n) is 3.30. The quantitative estimate of drug-likeness (QED) is 0.515. The van der Waals surface area contributed by atoms with Gasteiger partial charge in [-0.25, -0.2) is 4.79 Å². The van der Waals surface area contributed by atoms with Gasteiger partial charge in [-0.3, -0.25) is 10.1 Å². The Hall–Kier alpha value is -1.25. The van der Waals surface area contributed by atoms with Crippen LogP contribution in [0.5, 0.6) is 0 Å². The minimum atomic E-state index is -1.32. The molecule has 14 heavy (non-hydrogen) atoms. The van der Waals surface area contributed by atoms with Gasteiger partial charge in [-0.1, -0.05) is 0 Å². The van der Waals surface area contributed by atoms with Crippen LogP contribution in [0.1, 0.15) is 10.4 Å². The summed E-state index contributed by atoms with van der Waals surface area (Å²) in [6.45, 7) is 0. The third kappa shape index (κ3) is 1.97. The average Bonchev–Trinajstić information content (AvgIpc) is 2.02. The predicted molar refractivity (Wildman–Crippen MR) is 52.7 cm³/mol. The number of rotatable bonds is 2. The molecule has 0 aliphatic heterocycles. The molecule has 0 aliphatic rings. The highest BCUT2D eigenvalue weighted by molar-refractivity contribution is 14.1. The van der Waals surface area contributed by atoms with Gasteiger partial charge in [0.15, 0.2) is 0 Å². The number of aromatic carboxylic acids is 1. The molecule has 0 fully saturated rings. The van der Waals surface area contributed by atoms with Crippen molar-refractivity contribution in [3.05, 3.63) is 37.2 Å². The maximum absolute atomic E-state index is 12.9. The molecule has 0 heterocycles. The normalized spacial score (nSPS) is 9.86. The molecule has 5 nitrogen and oxygen atoms in total. The van der Waals surface area contributed by atoms with Crippen molar-refractivity contribution in [2.45, 2.75) is 0 Å². The third-order valence-electron chi connectivity index (χ3n) is 1.46. The highest BCUT2D eigenvalue weighted by atomic mass is 127. The Morgan fingerprint density at radius 2 is 2.14 bits per heavy atom. The second kappa shape index (κ2) is 3.86. The molecule has 0 amide bonds. The van der Waals surface area contributed by atoms with Crippen LogP contribution in [-0.2, 0) is 0 Å². The van der Waals surface area contributed by atoms with Crippen molar-refractivity contribution in [2.75, 3.05) is 0 Å². The molecule has 0 atom stereocenters. The van der Waals surface area contributed by atoms with Crippen molar-refractivity contribution in [3.63, 3.8) is 0 Å². The fourth-order valence-corrected chi connectivity index (χ4v) is 1.50. The zero-order valence-corrected chi connectivity index (χ0v) is 8.69. The van der Waals surface area contributed by atoms with E-state index in [0.717, 1.165) is 6.07 Å². The zero-order chi connectivity index (χ0) is 10.9. The lowest BCUT2D eigenvalue weighted by Crippen LogP contribution is -2.03. The molecule has 0 saturated carbocycles. The van der Waals surface area contributed by atoms with Crippen molar-refractivity contribution >= 4 is 34.2 Å². The number of benzene rings is 1. The topological polar surface area (TPSA) is 80.4 Å². The second-order valence-corrected chi connectivity index (χ2v) is 3.51. The molecular formula is C7H3FINO4. The van der Waals surface area contributed by atoms with E-state index in [2.05, 4.69) is 0 Å². The summed E-state index contributed by atoms with van der Waals surface area (Å²) in [5.41, 5.74) is -1.11. The molecule has 0 spiro atoms. The van der Waals surface area contributed by atoms with E-state index in [0.29, 0.717) is 6.07 Å². The summed E-state index contributed by atoms with van der Waals surface area (Å²) in [4.78, 5) is 19.9. The van der Waals surface area contributed by atoms with Gasteiger partial charge in [-0.2, -0.15) is 4.39 Å². The molecule has 0 aliphatic carbocycles. The van der Waals surface area contributed by atoms with Gasteiger partial charge in [0.25, 0.3) is 0 Å². The first kappa shape index (κ1) is 10.8. The van der Waals surface area contributed by atoms with Gasteiger partial charge in [-0.15, -0.1) is 0 Å². The summed E-state index contributed by atoms with van der Waals surface area (Å²) in [5, 5.41) is 18.9. The van der Waals surface area contributed by atoms with E-state index in [-0.39, 0.29) is 9.13 Å². The van der Waals surface area contributed by atoms with Crippen molar-refractivity contribution in [1.29, 1.82) is 0 Å². The van der Waals surface area contributed by atoms with Crippen LogP contribution in [0.3, 0.4) is 0 Å². The molecule has 74 valence electrons. The Morgan fingerprint density at radius 1 is 1.57 bits per heavy atom. The number of nitro groups is 1. The summed E-state index contributed by atoms with van der Waals surface area (Å²) < 4.78 is 13.0. The summed E-state index contributed by atoms with van der Waals surface area (Å²) in [5.74, 6) is -2.36. The average molecular weight is 311 g/mol. The lowest BCUT2D eigenvalue weighted by atomic mass is 10.2. The van der Waals surface area contributed by atoms with Crippen LogP contribution < -0.4 is 0 Å². The van der Waals surface area contributed by atoms with Crippen LogP contribution in [0, 0.1) is 19.5 Å². The lowest BCUT2D eigenvalue weighted by Gasteiger charge is -1.99. The number of halogens is 2. The van der Waals surface area contributed by atoms with E-state index in [1.807, 2.05) is 0 Å². The Kier molecular flexibility index (Phi) is 2.99. The van der Waals surface area contributed by atoms with E-state index >= 15 is 0 Å². The number of carboxylic acids is 1.